The average Bonchev–Trinajstić information content (AvgIpc) is 3.22. The Hall–Kier alpha value is -1.81. The standard InChI is InChI=1S/C14H14FN3/c15-12-2-1-10(8-18-13-3-4-13)14(5-12)11-6-16-9-17-7-11/h1-2,5-7,9,13,18H,3-4,8H2. The maximum atomic E-state index is 13.4. The maximum absolute atomic E-state index is 13.4. The van der Waals surface area contributed by atoms with Crippen LogP contribution in [0.2, 0.25) is 0 Å². The molecule has 0 radical (unpaired) electrons. The zero-order chi connectivity index (χ0) is 12.4. The molecule has 0 amide bonds. The van der Waals surface area contributed by atoms with Crippen LogP contribution in [0.4, 0.5) is 4.39 Å². The fraction of sp³-hybridized carbons (Fsp3) is 0.286. The van der Waals surface area contributed by atoms with E-state index in [-0.39, 0.29) is 5.82 Å². The normalized spacial score (nSPS) is 14.7. The molecule has 0 bridgehead atoms. The fourth-order valence-corrected chi connectivity index (χ4v) is 1.95. The second-order valence-corrected chi connectivity index (χ2v) is 4.58. The van der Waals surface area contributed by atoms with Gasteiger partial charge in [0.25, 0.3) is 0 Å². The summed E-state index contributed by atoms with van der Waals surface area (Å²) in [6, 6.07) is 5.50. The van der Waals surface area contributed by atoms with E-state index in [9.17, 15) is 4.39 Å². The first-order chi connectivity index (χ1) is 8.83. The molecule has 1 aromatic heterocycles. The summed E-state index contributed by atoms with van der Waals surface area (Å²) in [5, 5.41) is 3.44. The van der Waals surface area contributed by atoms with E-state index in [0.29, 0.717) is 6.04 Å². The van der Waals surface area contributed by atoms with Crippen molar-refractivity contribution in [2.75, 3.05) is 0 Å². The number of aromatic nitrogens is 2. The van der Waals surface area contributed by atoms with Gasteiger partial charge in [0.2, 0.25) is 0 Å². The lowest BCUT2D eigenvalue weighted by molar-refractivity contribution is 0.625. The molecule has 1 fully saturated rings. The summed E-state index contributed by atoms with van der Waals surface area (Å²) in [5.41, 5.74) is 2.80. The van der Waals surface area contributed by atoms with Gasteiger partial charge in [0.15, 0.2) is 0 Å². The van der Waals surface area contributed by atoms with Gasteiger partial charge >= 0.3 is 0 Å². The van der Waals surface area contributed by atoms with Gasteiger partial charge in [-0.1, -0.05) is 6.07 Å². The van der Waals surface area contributed by atoms with Crippen LogP contribution >= 0.6 is 0 Å². The Balaban J connectivity index is 1.92. The van der Waals surface area contributed by atoms with Crippen molar-refractivity contribution in [3.05, 3.63) is 48.3 Å². The molecule has 4 heteroatoms. The lowest BCUT2D eigenvalue weighted by Gasteiger charge is -2.10. The predicted octanol–water partition coefficient (Wildman–Crippen LogP) is 2.53. The van der Waals surface area contributed by atoms with E-state index in [4.69, 9.17) is 0 Å². The van der Waals surface area contributed by atoms with E-state index < -0.39 is 0 Å². The van der Waals surface area contributed by atoms with E-state index in [1.54, 1.807) is 18.5 Å². The number of nitrogens with one attached hydrogen (secondary N) is 1. The summed E-state index contributed by atoms with van der Waals surface area (Å²) in [7, 11) is 0. The highest BCUT2D eigenvalue weighted by Crippen LogP contribution is 2.25. The van der Waals surface area contributed by atoms with E-state index in [2.05, 4.69) is 15.3 Å². The van der Waals surface area contributed by atoms with E-state index in [1.165, 1.54) is 25.2 Å². The van der Waals surface area contributed by atoms with Crippen LogP contribution in [0.5, 0.6) is 0 Å². The number of benzene rings is 1. The van der Waals surface area contributed by atoms with Gasteiger partial charge in [-0.25, -0.2) is 14.4 Å². The summed E-state index contributed by atoms with van der Waals surface area (Å²) in [4.78, 5) is 7.97. The van der Waals surface area contributed by atoms with Crippen molar-refractivity contribution < 1.29 is 4.39 Å². The monoisotopic (exact) mass is 243 g/mol. The van der Waals surface area contributed by atoms with Gasteiger partial charge in [0.05, 0.1) is 0 Å². The van der Waals surface area contributed by atoms with Crippen LogP contribution in [0, 0.1) is 5.82 Å². The van der Waals surface area contributed by atoms with Crippen molar-refractivity contribution in [3.63, 3.8) is 0 Å². The van der Waals surface area contributed by atoms with Crippen LogP contribution < -0.4 is 5.32 Å². The molecule has 1 saturated carbocycles. The van der Waals surface area contributed by atoms with Gasteiger partial charge in [-0.15, -0.1) is 0 Å². The minimum atomic E-state index is -0.232. The summed E-state index contributed by atoms with van der Waals surface area (Å²) in [5.74, 6) is -0.232. The van der Waals surface area contributed by atoms with Crippen LogP contribution in [0.15, 0.2) is 36.9 Å². The number of hydrogen-bond donors (Lipinski definition) is 1. The fourth-order valence-electron chi connectivity index (χ4n) is 1.95. The zero-order valence-corrected chi connectivity index (χ0v) is 9.94. The smallest absolute Gasteiger partial charge is 0.123 e. The van der Waals surface area contributed by atoms with Gasteiger partial charge < -0.3 is 5.32 Å². The van der Waals surface area contributed by atoms with Crippen molar-refractivity contribution in [1.82, 2.24) is 15.3 Å². The molecule has 18 heavy (non-hydrogen) atoms. The Morgan fingerprint density at radius 3 is 2.72 bits per heavy atom. The number of halogens is 1. The summed E-state index contributed by atoms with van der Waals surface area (Å²) >= 11 is 0. The molecule has 92 valence electrons. The first kappa shape index (κ1) is 11.3. The third-order valence-electron chi connectivity index (χ3n) is 3.10. The largest absolute Gasteiger partial charge is 0.310 e. The highest BCUT2D eigenvalue weighted by atomic mass is 19.1. The molecule has 0 atom stereocenters. The summed E-state index contributed by atoms with van der Waals surface area (Å²) < 4.78 is 13.4. The van der Waals surface area contributed by atoms with Crippen LogP contribution in [0.3, 0.4) is 0 Å². The molecular weight excluding hydrogens is 229 g/mol. The lowest BCUT2D eigenvalue weighted by Crippen LogP contribution is -2.16. The minimum Gasteiger partial charge on any atom is -0.310 e. The summed E-state index contributed by atoms with van der Waals surface area (Å²) in [6.45, 7) is 0.759. The van der Waals surface area contributed by atoms with E-state index in [1.807, 2.05) is 6.07 Å². The van der Waals surface area contributed by atoms with Crippen LogP contribution in [-0.2, 0) is 6.54 Å². The van der Waals surface area contributed by atoms with Gasteiger partial charge in [0, 0.05) is 30.5 Å². The second-order valence-electron chi connectivity index (χ2n) is 4.58. The molecule has 1 heterocycles. The highest BCUT2D eigenvalue weighted by Gasteiger charge is 2.20. The Morgan fingerprint density at radius 1 is 1.22 bits per heavy atom. The van der Waals surface area contributed by atoms with Crippen molar-refractivity contribution in [2.45, 2.75) is 25.4 Å². The van der Waals surface area contributed by atoms with E-state index >= 15 is 0 Å². The molecule has 0 unspecified atom stereocenters. The Labute approximate surface area is 105 Å². The van der Waals surface area contributed by atoms with Crippen molar-refractivity contribution in [1.29, 1.82) is 0 Å². The minimum absolute atomic E-state index is 0.232. The van der Waals surface area contributed by atoms with Gasteiger partial charge in [-0.05, 0) is 36.1 Å². The number of rotatable bonds is 4. The SMILES string of the molecule is Fc1ccc(CNC2CC2)c(-c2cncnc2)c1. The van der Waals surface area contributed by atoms with Gasteiger partial charge in [-0.3, -0.25) is 0 Å². The zero-order valence-electron chi connectivity index (χ0n) is 9.94. The molecule has 0 spiro atoms. The Kier molecular flexibility index (Phi) is 3.02. The third-order valence-corrected chi connectivity index (χ3v) is 3.10. The van der Waals surface area contributed by atoms with Gasteiger partial charge in [-0.2, -0.15) is 0 Å². The van der Waals surface area contributed by atoms with E-state index in [0.717, 1.165) is 23.2 Å². The highest BCUT2D eigenvalue weighted by molar-refractivity contribution is 5.65. The molecule has 2 aromatic rings. The molecule has 1 aromatic carbocycles. The first-order valence-corrected chi connectivity index (χ1v) is 6.10. The van der Waals surface area contributed by atoms with Crippen molar-refractivity contribution in [2.24, 2.45) is 0 Å². The average molecular weight is 243 g/mol. The maximum Gasteiger partial charge on any atom is 0.123 e. The first-order valence-electron chi connectivity index (χ1n) is 6.10. The van der Waals surface area contributed by atoms with Gasteiger partial charge in [0.1, 0.15) is 12.1 Å². The molecule has 0 saturated heterocycles. The molecule has 3 rings (SSSR count). The molecule has 1 aliphatic carbocycles. The molecule has 3 nitrogen and oxygen atoms in total. The Morgan fingerprint density at radius 2 is 2.00 bits per heavy atom. The van der Waals surface area contributed by atoms with Crippen molar-refractivity contribution in [3.8, 4) is 11.1 Å². The third kappa shape index (κ3) is 2.54. The Bertz CT molecular complexity index is 538. The quantitative estimate of drug-likeness (QED) is 0.896. The number of nitrogens with zero attached hydrogens (tertiary/aromatic N) is 2. The molecular formula is C14H14FN3. The molecule has 0 aliphatic heterocycles. The van der Waals surface area contributed by atoms with Crippen LogP contribution in [0.1, 0.15) is 18.4 Å². The van der Waals surface area contributed by atoms with Crippen LogP contribution in [-0.4, -0.2) is 16.0 Å². The van der Waals surface area contributed by atoms with Crippen molar-refractivity contribution >= 4 is 0 Å². The summed E-state index contributed by atoms with van der Waals surface area (Å²) in [6.07, 6.45) is 7.38. The lowest BCUT2D eigenvalue weighted by atomic mass is 10.0. The topological polar surface area (TPSA) is 37.8 Å². The van der Waals surface area contributed by atoms with Crippen LogP contribution in [0.25, 0.3) is 11.1 Å². The molecule has 1 N–H and O–H groups in total. The molecule has 1 aliphatic rings. The second kappa shape index (κ2) is 4.82. The predicted molar refractivity (Wildman–Crippen MR) is 67.3 cm³/mol. The number of hydrogen-bond acceptors (Lipinski definition) is 3.